The van der Waals surface area contributed by atoms with E-state index in [9.17, 15) is 13.2 Å². The van der Waals surface area contributed by atoms with Gasteiger partial charge in [0.2, 0.25) is 10.1 Å². The quantitative estimate of drug-likeness (QED) is 0.940. The van der Waals surface area contributed by atoms with E-state index < -0.39 is 11.2 Å². The lowest BCUT2D eigenvalue weighted by atomic mass is 10.1. The predicted molar refractivity (Wildman–Crippen MR) is 62.9 cm³/mol. The van der Waals surface area contributed by atoms with Crippen molar-refractivity contribution in [1.82, 2.24) is 15.4 Å². The molecule has 2 aromatic rings. The SMILES string of the molecule is Cc1noc(C)c1C(C)Nc1nnc(C(F)(F)F)s1. The second-order valence-corrected chi connectivity index (χ2v) is 4.99. The van der Waals surface area contributed by atoms with E-state index in [1.165, 1.54) is 0 Å². The second kappa shape index (κ2) is 4.80. The lowest BCUT2D eigenvalue weighted by molar-refractivity contribution is -0.138. The van der Waals surface area contributed by atoms with Crippen LogP contribution in [0.4, 0.5) is 18.3 Å². The summed E-state index contributed by atoms with van der Waals surface area (Å²) in [5.74, 6) is 0.623. The average molecular weight is 292 g/mol. The monoisotopic (exact) mass is 292 g/mol. The number of alkyl halides is 3. The van der Waals surface area contributed by atoms with E-state index in [1.54, 1.807) is 20.8 Å². The molecule has 1 N–H and O–H groups in total. The third-order valence-corrected chi connectivity index (χ3v) is 3.43. The average Bonchev–Trinajstić information content (AvgIpc) is 2.85. The Labute approximate surface area is 110 Å². The fourth-order valence-electron chi connectivity index (χ4n) is 1.76. The molecule has 19 heavy (non-hydrogen) atoms. The van der Waals surface area contributed by atoms with E-state index in [2.05, 4.69) is 20.7 Å². The van der Waals surface area contributed by atoms with Crippen molar-refractivity contribution in [3.05, 3.63) is 22.0 Å². The molecular weight excluding hydrogens is 281 g/mol. The normalized spacial score (nSPS) is 13.6. The van der Waals surface area contributed by atoms with Crippen LogP contribution in [0.1, 0.15) is 35.0 Å². The molecule has 0 fully saturated rings. The van der Waals surface area contributed by atoms with Crippen LogP contribution < -0.4 is 5.32 Å². The molecule has 0 amide bonds. The Morgan fingerprint density at radius 3 is 2.42 bits per heavy atom. The largest absolute Gasteiger partial charge is 0.445 e. The maximum atomic E-state index is 12.4. The molecule has 0 saturated heterocycles. The summed E-state index contributed by atoms with van der Waals surface area (Å²) >= 11 is 0.468. The molecule has 0 aliphatic carbocycles. The molecule has 0 saturated carbocycles. The molecule has 0 aliphatic heterocycles. The van der Waals surface area contributed by atoms with E-state index in [-0.39, 0.29) is 11.2 Å². The van der Waals surface area contributed by atoms with Crippen molar-refractivity contribution < 1.29 is 17.7 Å². The minimum atomic E-state index is -4.47. The zero-order valence-electron chi connectivity index (χ0n) is 10.4. The second-order valence-electron chi connectivity index (χ2n) is 4.01. The summed E-state index contributed by atoms with van der Waals surface area (Å²) in [5, 5.41) is 12.4. The molecule has 0 spiro atoms. The van der Waals surface area contributed by atoms with Gasteiger partial charge in [0, 0.05) is 5.56 Å². The lowest BCUT2D eigenvalue weighted by Crippen LogP contribution is -2.08. The van der Waals surface area contributed by atoms with Gasteiger partial charge in [-0.15, -0.1) is 10.2 Å². The van der Waals surface area contributed by atoms with Gasteiger partial charge in [0.05, 0.1) is 11.7 Å². The zero-order valence-corrected chi connectivity index (χ0v) is 11.2. The Hall–Kier alpha value is -1.64. The Morgan fingerprint density at radius 1 is 1.26 bits per heavy atom. The number of hydrogen-bond donors (Lipinski definition) is 1. The summed E-state index contributed by atoms with van der Waals surface area (Å²) in [6.45, 7) is 5.31. The molecule has 2 rings (SSSR count). The van der Waals surface area contributed by atoms with Gasteiger partial charge in [0.15, 0.2) is 0 Å². The van der Waals surface area contributed by atoms with Crippen LogP contribution in [0.5, 0.6) is 0 Å². The Morgan fingerprint density at radius 2 is 1.95 bits per heavy atom. The molecule has 9 heteroatoms. The van der Waals surface area contributed by atoms with Crippen LogP contribution in [-0.4, -0.2) is 15.4 Å². The Bertz CT molecular complexity index is 558. The third kappa shape index (κ3) is 2.86. The van der Waals surface area contributed by atoms with Crippen molar-refractivity contribution in [2.75, 3.05) is 5.32 Å². The van der Waals surface area contributed by atoms with E-state index in [0.717, 1.165) is 5.56 Å². The van der Waals surface area contributed by atoms with Gasteiger partial charge in [-0.25, -0.2) is 0 Å². The predicted octanol–water partition coefficient (Wildman–Crippen LogP) is 3.33. The van der Waals surface area contributed by atoms with Gasteiger partial charge >= 0.3 is 6.18 Å². The van der Waals surface area contributed by atoms with Gasteiger partial charge in [-0.1, -0.05) is 16.5 Å². The van der Waals surface area contributed by atoms with Gasteiger partial charge in [0.1, 0.15) is 5.76 Å². The summed E-state index contributed by atoms with van der Waals surface area (Å²) in [4.78, 5) is 0. The molecule has 104 valence electrons. The number of aromatic nitrogens is 3. The maximum absolute atomic E-state index is 12.4. The van der Waals surface area contributed by atoms with Crippen LogP contribution in [-0.2, 0) is 6.18 Å². The van der Waals surface area contributed by atoms with Crippen LogP contribution in [0.25, 0.3) is 0 Å². The molecule has 1 atom stereocenters. The number of aryl methyl sites for hydroxylation is 2. The first-order valence-electron chi connectivity index (χ1n) is 5.39. The number of anilines is 1. The number of hydrogen-bond acceptors (Lipinski definition) is 6. The van der Waals surface area contributed by atoms with Gasteiger partial charge < -0.3 is 9.84 Å². The van der Waals surface area contributed by atoms with Crippen molar-refractivity contribution in [1.29, 1.82) is 0 Å². The third-order valence-electron chi connectivity index (χ3n) is 2.53. The molecule has 1 unspecified atom stereocenters. The summed E-state index contributed by atoms with van der Waals surface area (Å²) in [7, 11) is 0. The van der Waals surface area contributed by atoms with E-state index in [0.29, 0.717) is 22.8 Å². The highest BCUT2D eigenvalue weighted by atomic mass is 32.1. The minimum Gasteiger partial charge on any atom is -0.361 e. The topological polar surface area (TPSA) is 63.8 Å². The molecule has 0 aromatic carbocycles. The molecular formula is C10H11F3N4OS. The van der Waals surface area contributed by atoms with E-state index in [4.69, 9.17) is 4.52 Å². The van der Waals surface area contributed by atoms with Gasteiger partial charge in [0.25, 0.3) is 0 Å². The van der Waals surface area contributed by atoms with Crippen molar-refractivity contribution in [2.45, 2.75) is 33.0 Å². The number of nitrogens with one attached hydrogen (secondary N) is 1. The summed E-state index contributed by atoms with van der Waals surface area (Å²) in [6, 6.07) is -0.264. The molecule has 0 radical (unpaired) electrons. The van der Waals surface area contributed by atoms with Crippen molar-refractivity contribution in [2.24, 2.45) is 0 Å². The molecule has 0 bridgehead atoms. The smallest absolute Gasteiger partial charge is 0.361 e. The van der Waals surface area contributed by atoms with Crippen LogP contribution >= 0.6 is 11.3 Å². The molecule has 2 heterocycles. The van der Waals surface area contributed by atoms with Crippen molar-refractivity contribution in [3.63, 3.8) is 0 Å². The van der Waals surface area contributed by atoms with Crippen LogP contribution in [0.15, 0.2) is 4.52 Å². The maximum Gasteiger partial charge on any atom is 0.445 e. The van der Waals surface area contributed by atoms with Gasteiger partial charge in [-0.3, -0.25) is 0 Å². The van der Waals surface area contributed by atoms with Crippen LogP contribution in [0.3, 0.4) is 0 Å². The van der Waals surface area contributed by atoms with Crippen LogP contribution in [0, 0.1) is 13.8 Å². The molecule has 2 aromatic heterocycles. The highest BCUT2D eigenvalue weighted by Crippen LogP contribution is 2.34. The first-order chi connectivity index (χ1) is 8.79. The van der Waals surface area contributed by atoms with Crippen LogP contribution in [0.2, 0.25) is 0 Å². The summed E-state index contributed by atoms with van der Waals surface area (Å²) in [5.41, 5.74) is 1.50. The Kier molecular flexibility index (Phi) is 3.48. The summed E-state index contributed by atoms with van der Waals surface area (Å²) < 4.78 is 42.2. The van der Waals surface area contributed by atoms with Crippen molar-refractivity contribution in [3.8, 4) is 0 Å². The standard InChI is InChI=1S/C10H11F3N4OS/c1-4(7-5(2)17-18-6(7)3)14-9-16-15-8(19-9)10(11,12)13/h4H,1-3H3,(H,14,16). The fourth-order valence-corrected chi connectivity index (χ4v) is 2.46. The zero-order chi connectivity index (χ0) is 14.2. The highest BCUT2D eigenvalue weighted by Gasteiger charge is 2.35. The Balaban J connectivity index is 2.16. The molecule has 5 nitrogen and oxygen atoms in total. The van der Waals surface area contributed by atoms with Gasteiger partial charge in [-0.05, 0) is 20.8 Å². The number of nitrogens with zero attached hydrogens (tertiary/aromatic N) is 3. The minimum absolute atomic E-state index is 0.111. The fraction of sp³-hybridized carbons (Fsp3) is 0.500. The first kappa shape index (κ1) is 13.8. The highest BCUT2D eigenvalue weighted by molar-refractivity contribution is 7.15. The van der Waals surface area contributed by atoms with Gasteiger partial charge in [-0.2, -0.15) is 13.2 Å². The number of rotatable bonds is 3. The van der Waals surface area contributed by atoms with Crippen molar-refractivity contribution >= 4 is 16.5 Å². The van der Waals surface area contributed by atoms with E-state index in [1.807, 2.05) is 0 Å². The summed E-state index contributed by atoms with van der Waals surface area (Å²) in [6.07, 6.45) is -4.47. The first-order valence-corrected chi connectivity index (χ1v) is 6.20. The van der Waals surface area contributed by atoms with E-state index >= 15 is 0 Å². The number of halogens is 3. The lowest BCUT2D eigenvalue weighted by Gasteiger charge is -2.11. The molecule has 0 aliphatic rings.